The van der Waals surface area contributed by atoms with Crippen molar-refractivity contribution in [3.63, 3.8) is 0 Å². The summed E-state index contributed by atoms with van der Waals surface area (Å²) in [6.07, 6.45) is 5.85. The van der Waals surface area contributed by atoms with Gasteiger partial charge in [0.25, 0.3) is 0 Å². The van der Waals surface area contributed by atoms with Crippen molar-refractivity contribution < 1.29 is 4.42 Å². The average Bonchev–Trinajstić information content (AvgIpc) is 2.51. The molecule has 0 spiro atoms. The van der Waals surface area contributed by atoms with Crippen LogP contribution in [-0.2, 0) is 0 Å². The van der Waals surface area contributed by atoms with Gasteiger partial charge >= 0.3 is 0 Å². The van der Waals surface area contributed by atoms with Gasteiger partial charge in [-0.1, -0.05) is 6.42 Å². The summed E-state index contributed by atoms with van der Waals surface area (Å²) >= 11 is 6.37. The molecule has 2 rings (SSSR count). The molecule has 1 aliphatic rings. The first kappa shape index (κ1) is 10.5. The topological polar surface area (TPSA) is 13.1 Å². The minimum atomic E-state index is 0.511. The molecule has 1 heterocycles. The van der Waals surface area contributed by atoms with Gasteiger partial charge in [0.05, 0.1) is 6.26 Å². The molecule has 0 saturated heterocycles. The van der Waals surface area contributed by atoms with Gasteiger partial charge in [-0.2, -0.15) is 12.6 Å². The molecule has 14 heavy (non-hydrogen) atoms. The Balaban J connectivity index is 1.90. The first-order chi connectivity index (χ1) is 6.76. The summed E-state index contributed by atoms with van der Waals surface area (Å²) in [4.78, 5) is 1.29. The monoisotopic (exact) mass is 228 g/mol. The van der Waals surface area contributed by atoms with Crippen LogP contribution in [0.4, 0.5) is 0 Å². The molecule has 0 bridgehead atoms. The maximum atomic E-state index is 5.28. The molecule has 0 N–H and O–H groups in total. The lowest BCUT2D eigenvalue weighted by Crippen LogP contribution is -2.33. The van der Waals surface area contributed by atoms with E-state index in [2.05, 4.69) is 18.7 Å². The molecule has 1 aromatic rings. The summed E-state index contributed by atoms with van der Waals surface area (Å²) in [5.74, 6) is 3.26. The van der Waals surface area contributed by atoms with Gasteiger partial charge in [-0.25, -0.2) is 0 Å². The van der Waals surface area contributed by atoms with E-state index in [1.165, 1.54) is 29.9 Å². The van der Waals surface area contributed by atoms with Crippen molar-refractivity contribution in [1.29, 1.82) is 0 Å². The predicted octanol–water partition coefficient (Wildman–Crippen LogP) is 3.78. The lowest BCUT2D eigenvalue weighted by Gasteiger charge is -2.40. The molecule has 0 aliphatic heterocycles. The molecule has 0 unspecified atom stereocenters. The summed E-state index contributed by atoms with van der Waals surface area (Å²) in [7, 11) is 0. The van der Waals surface area contributed by atoms with Gasteiger partial charge in [0.2, 0.25) is 0 Å². The van der Waals surface area contributed by atoms with Gasteiger partial charge in [-0.15, -0.1) is 11.8 Å². The second kappa shape index (κ2) is 4.23. The summed E-state index contributed by atoms with van der Waals surface area (Å²) in [5, 5.41) is 0. The average molecular weight is 228 g/mol. The molecule has 78 valence electrons. The van der Waals surface area contributed by atoms with Crippen molar-refractivity contribution in [2.45, 2.75) is 31.1 Å². The Morgan fingerprint density at radius 1 is 1.57 bits per heavy atom. The smallest absolute Gasteiger partial charge is 0.114 e. The number of aryl methyl sites for hydroxylation is 1. The SMILES string of the molecule is Cc1occc1SCC1(CS)CCC1. The van der Waals surface area contributed by atoms with E-state index in [9.17, 15) is 0 Å². The van der Waals surface area contributed by atoms with Crippen LogP contribution in [0.5, 0.6) is 0 Å². The number of furan rings is 1. The molecule has 3 heteroatoms. The molecule has 1 fully saturated rings. The van der Waals surface area contributed by atoms with Crippen LogP contribution in [0, 0.1) is 12.3 Å². The molecule has 1 aromatic heterocycles. The van der Waals surface area contributed by atoms with Crippen LogP contribution in [0.1, 0.15) is 25.0 Å². The molecule has 1 saturated carbocycles. The molecule has 0 radical (unpaired) electrons. The highest BCUT2D eigenvalue weighted by Crippen LogP contribution is 2.45. The van der Waals surface area contributed by atoms with Crippen LogP contribution in [-0.4, -0.2) is 11.5 Å². The minimum Gasteiger partial charge on any atom is -0.468 e. The van der Waals surface area contributed by atoms with Crippen LogP contribution in [0.3, 0.4) is 0 Å². The zero-order chi connectivity index (χ0) is 10.0. The van der Waals surface area contributed by atoms with E-state index in [0.717, 1.165) is 11.5 Å². The van der Waals surface area contributed by atoms with E-state index in [-0.39, 0.29) is 0 Å². The number of thioether (sulfide) groups is 1. The highest BCUT2D eigenvalue weighted by Gasteiger charge is 2.35. The van der Waals surface area contributed by atoms with E-state index in [1.807, 2.05) is 18.7 Å². The Hall–Kier alpha value is -0.0200. The molecular weight excluding hydrogens is 212 g/mol. The van der Waals surface area contributed by atoms with E-state index in [4.69, 9.17) is 4.42 Å². The third-order valence-electron chi connectivity index (χ3n) is 3.09. The van der Waals surface area contributed by atoms with Crippen molar-refractivity contribution in [3.05, 3.63) is 18.1 Å². The first-order valence-electron chi connectivity index (χ1n) is 5.04. The van der Waals surface area contributed by atoms with Crippen molar-refractivity contribution >= 4 is 24.4 Å². The third kappa shape index (κ3) is 1.98. The summed E-state index contributed by atoms with van der Waals surface area (Å²) in [6.45, 7) is 2.02. The highest BCUT2D eigenvalue weighted by molar-refractivity contribution is 7.99. The Morgan fingerprint density at radius 3 is 2.79 bits per heavy atom. The van der Waals surface area contributed by atoms with Crippen LogP contribution in [0.2, 0.25) is 0 Å². The molecule has 0 atom stereocenters. The zero-order valence-electron chi connectivity index (χ0n) is 8.45. The van der Waals surface area contributed by atoms with Crippen molar-refractivity contribution in [2.24, 2.45) is 5.41 Å². The van der Waals surface area contributed by atoms with Gasteiger partial charge in [0.1, 0.15) is 5.76 Å². The fourth-order valence-electron chi connectivity index (χ4n) is 1.78. The lowest BCUT2D eigenvalue weighted by molar-refractivity contribution is 0.205. The maximum Gasteiger partial charge on any atom is 0.114 e. The largest absolute Gasteiger partial charge is 0.468 e. The van der Waals surface area contributed by atoms with Crippen LogP contribution in [0.15, 0.2) is 21.6 Å². The standard InChI is InChI=1S/C11H16OS2/c1-9-10(3-6-12-9)14-8-11(7-13)4-2-5-11/h3,6,13H,2,4-5,7-8H2,1H3. The van der Waals surface area contributed by atoms with Crippen molar-refractivity contribution in [2.75, 3.05) is 11.5 Å². The number of hydrogen-bond donors (Lipinski definition) is 1. The molecule has 1 aliphatic carbocycles. The van der Waals surface area contributed by atoms with Gasteiger partial charge in [0.15, 0.2) is 0 Å². The Labute approximate surface area is 95.1 Å². The molecule has 0 aromatic carbocycles. The molecule has 0 amide bonds. The third-order valence-corrected chi connectivity index (χ3v) is 5.26. The van der Waals surface area contributed by atoms with Crippen LogP contribution < -0.4 is 0 Å². The van der Waals surface area contributed by atoms with Crippen molar-refractivity contribution in [3.8, 4) is 0 Å². The summed E-state index contributed by atoms with van der Waals surface area (Å²) in [5.41, 5.74) is 0.511. The van der Waals surface area contributed by atoms with Crippen molar-refractivity contribution in [1.82, 2.24) is 0 Å². The van der Waals surface area contributed by atoms with Gasteiger partial charge in [0, 0.05) is 10.6 Å². The second-order valence-electron chi connectivity index (χ2n) is 4.14. The number of thiol groups is 1. The van der Waals surface area contributed by atoms with Crippen LogP contribution >= 0.6 is 24.4 Å². The lowest BCUT2D eigenvalue weighted by atomic mass is 9.72. The van der Waals surface area contributed by atoms with E-state index < -0.39 is 0 Å². The fraction of sp³-hybridized carbons (Fsp3) is 0.636. The first-order valence-corrected chi connectivity index (χ1v) is 6.65. The van der Waals surface area contributed by atoms with E-state index in [0.29, 0.717) is 5.41 Å². The Kier molecular flexibility index (Phi) is 3.17. The summed E-state index contributed by atoms with van der Waals surface area (Å²) < 4.78 is 5.28. The van der Waals surface area contributed by atoms with Gasteiger partial charge in [-0.05, 0) is 37.0 Å². The second-order valence-corrected chi connectivity index (χ2v) is 5.47. The van der Waals surface area contributed by atoms with Gasteiger partial charge < -0.3 is 4.42 Å². The predicted molar refractivity (Wildman–Crippen MR) is 64.3 cm³/mol. The molecule has 1 nitrogen and oxygen atoms in total. The van der Waals surface area contributed by atoms with Gasteiger partial charge in [-0.3, -0.25) is 0 Å². The molecular formula is C11H16OS2. The Morgan fingerprint density at radius 2 is 2.36 bits per heavy atom. The summed E-state index contributed by atoms with van der Waals surface area (Å²) in [6, 6.07) is 2.06. The Bertz CT molecular complexity index is 296. The maximum absolute atomic E-state index is 5.28. The van der Waals surface area contributed by atoms with E-state index in [1.54, 1.807) is 6.26 Å². The highest BCUT2D eigenvalue weighted by atomic mass is 32.2. The quantitative estimate of drug-likeness (QED) is 0.622. The van der Waals surface area contributed by atoms with Crippen LogP contribution in [0.25, 0.3) is 0 Å². The number of rotatable bonds is 4. The zero-order valence-corrected chi connectivity index (χ0v) is 10.2. The minimum absolute atomic E-state index is 0.511. The normalized spacial score (nSPS) is 19.3. The van der Waals surface area contributed by atoms with E-state index >= 15 is 0 Å². The fourth-order valence-corrected chi connectivity index (χ4v) is 3.61. The number of hydrogen-bond acceptors (Lipinski definition) is 3.